The maximum Gasteiger partial charge on any atom is 0.235 e. The average Bonchev–Trinajstić information content (AvgIpc) is 3.19. The van der Waals surface area contributed by atoms with Crippen LogP contribution in [-0.4, -0.2) is 32.8 Å². The van der Waals surface area contributed by atoms with Crippen molar-refractivity contribution in [2.24, 2.45) is 0 Å². The number of likely N-dealkylation sites (tertiary alicyclic amines) is 1. The van der Waals surface area contributed by atoms with Gasteiger partial charge >= 0.3 is 0 Å². The van der Waals surface area contributed by atoms with Gasteiger partial charge in [0.1, 0.15) is 16.5 Å². The molecule has 0 spiro atoms. The minimum atomic E-state index is 0.0119. The third kappa shape index (κ3) is 2.53. The first-order valence-electron chi connectivity index (χ1n) is 8.09. The zero-order chi connectivity index (χ0) is 16.0. The lowest BCUT2D eigenvalue weighted by Gasteiger charge is -2.29. The van der Waals surface area contributed by atoms with Crippen molar-refractivity contribution in [3.63, 3.8) is 0 Å². The van der Waals surface area contributed by atoms with Gasteiger partial charge in [0.05, 0.1) is 13.1 Å². The summed E-state index contributed by atoms with van der Waals surface area (Å²) in [6.45, 7) is 5.98. The van der Waals surface area contributed by atoms with Gasteiger partial charge < -0.3 is 14.4 Å². The third-order valence-corrected chi connectivity index (χ3v) is 5.60. The average molecular weight is 333 g/mol. The van der Waals surface area contributed by atoms with E-state index in [9.17, 15) is 5.11 Å². The Hall–Kier alpha value is -1.86. The van der Waals surface area contributed by atoms with Crippen LogP contribution in [0.1, 0.15) is 47.5 Å². The van der Waals surface area contributed by atoms with Crippen LogP contribution in [0.2, 0.25) is 0 Å². The summed E-state index contributed by atoms with van der Waals surface area (Å²) in [5, 5.41) is 15.0. The number of rotatable bonds is 3. The molecule has 0 aromatic carbocycles. The van der Waals surface area contributed by atoms with E-state index in [0.29, 0.717) is 5.82 Å². The summed E-state index contributed by atoms with van der Waals surface area (Å²) >= 11 is 1.51. The molecule has 122 valence electrons. The summed E-state index contributed by atoms with van der Waals surface area (Å²) in [7, 11) is 0. The summed E-state index contributed by atoms with van der Waals surface area (Å²) in [5.74, 6) is 2.68. The van der Waals surface area contributed by atoms with Gasteiger partial charge in [-0.2, -0.15) is 4.52 Å². The monoisotopic (exact) mass is 333 g/mol. The number of hydrogen-bond donors (Lipinski definition) is 2. The van der Waals surface area contributed by atoms with Gasteiger partial charge in [0.25, 0.3) is 0 Å². The van der Waals surface area contributed by atoms with Gasteiger partial charge in [0.15, 0.2) is 11.8 Å². The number of thiazole rings is 1. The molecule has 23 heavy (non-hydrogen) atoms. The van der Waals surface area contributed by atoms with Gasteiger partial charge in [-0.15, -0.1) is 5.10 Å². The van der Waals surface area contributed by atoms with Crippen LogP contribution in [0.3, 0.4) is 0 Å². The fourth-order valence-electron chi connectivity index (χ4n) is 3.45. The van der Waals surface area contributed by atoms with E-state index < -0.39 is 0 Å². The molecule has 4 heterocycles. The highest BCUT2D eigenvalue weighted by Gasteiger charge is 2.35. The van der Waals surface area contributed by atoms with E-state index in [1.807, 2.05) is 26.0 Å². The van der Waals surface area contributed by atoms with Crippen molar-refractivity contribution in [1.82, 2.24) is 14.6 Å². The van der Waals surface area contributed by atoms with Gasteiger partial charge in [-0.05, 0) is 45.2 Å². The maximum absolute atomic E-state index is 10.7. The number of quaternary nitrogens is 1. The molecule has 2 N–H and O–H groups in total. The first kappa shape index (κ1) is 14.7. The molecule has 3 aromatic rings. The highest BCUT2D eigenvalue weighted by atomic mass is 32.1. The second-order valence-corrected chi connectivity index (χ2v) is 7.25. The molecule has 4 rings (SSSR count). The molecule has 0 aliphatic carbocycles. The van der Waals surface area contributed by atoms with E-state index in [1.54, 1.807) is 4.52 Å². The van der Waals surface area contributed by atoms with Crippen LogP contribution in [-0.2, 0) is 0 Å². The molecule has 0 saturated carbocycles. The topological polar surface area (TPSA) is 68.0 Å². The quantitative estimate of drug-likeness (QED) is 0.768. The highest BCUT2D eigenvalue weighted by molar-refractivity contribution is 7.17. The maximum atomic E-state index is 10.7. The number of piperidine rings is 1. The first-order valence-corrected chi connectivity index (χ1v) is 8.91. The van der Waals surface area contributed by atoms with Gasteiger partial charge in [-0.1, -0.05) is 11.3 Å². The molecule has 6 nitrogen and oxygen atoms in total. The zero-order valence-corrected chi connectivity index (χ0v) is 14.2. The number of aryl methyl sites for hydroxylation is 2. The second-order valence-electron chi connectivity index (χ2n) is 6.24. The summed E-state index contributed by atoms with van der Waals surface area (Å²) in [6, 6.07) is 4.03. The Balaban J connectivity index is 1.82. The number of nitrogens with one attached hydrogen (secondary N) is 1. The van der Waals surface area contributed by atoms with Crippen LogP contribution in [0, 0.1) is 13.8 Å². The van der Waals surface area contributed by atoms with Gasteiger partial charge in [0, 0.05) is 0 Å². The zero-order valence-electron chi connectivity index (χ0n) is 13.4. The Kier molecular flexibility index (Phi) is 3.61. The number of aromatic hydroxyl groups is 1. The second kappa shape index (κ2) is 5.65. The summed E-state index contributed by atoms with van der Waals surface area (Å²) in [5.41, 5.74) is 0. The molecule has 0 radical (unpaired) electrons. The standard InChI is InChI=1S/C16H20N4O2S/c1-10-6-7-12(22-10)13(19-8-4-3-5-9-19)14-15(21)20-16(23-14)17-11(2)18-20/h6-7,13,21H,3-5,8-9H2,1-2H3/p+1/t13-/m0/s1. The molecule has 0 bridgehead atoms. The lowest BCUT2D eigenvalue weighted by Crippen LogP contribution is -3.13. The van der Waals surface area contributed by atoms with Crippen LogP contribution in [0.15, 0.2) is 16.5 Å². The molecule has 1 saturated heterocycles. The van der Waals surface area contributed by atoms with Gasteiger partial charge in [0.2, 0.25) is 10.8 Å². The number of hydrogen-bond acceptors (Lipinski definition) is 5. The smallest absolute Gasteiger partial charge is 0.235 e. The van der Waals surface area contributed by atoms with E-state index in [-0.39, 0.29) is 11.9 Å². The molecule has 1 aliphatic rings. The van der Waals surface area contributed by atoms with E-state index in [4.69, 9.17) is 4.42 Å². The molecule has 1 fully saturated rings. The molecular formula is C16H21N4O2S+. The summed E-state index contributed by atoms with van der Waals surface area (Å²) in [6.07, 6.45) is 3.71. The Bertz CT molecular complexity index is 828. The van der Waals surface area contributed by atoms with Crippen LogP contribution in [0.25, 0.3) is 4.96 Å². The normalized spacial score (nSPS) is 17.8. The predicted octanol–water partition coefficient (Wildman–Crippen LogP) is 1.86. The lowest BCUT2D eigenvalue weighted by atomic mass is 10.1. The Morgan fingerprint density at radius 3 is 2.70 bits per heavy atom. The van der Waals surface area contributed by atoms with Gasteiger partial charge in [-0.25, -0.2) is 4.98 Å². The highest BCUT2D eigenvalue weighted by Crippen LogP contribution is 2.35. The third-order valence-electron chi connectivity index (χ3n) is 4.52. The predicted molar refractivity (Wildman–Crippen MR) is 87.1 cm³/mol. The minimum Gasteiger partial charge on any atom is -0.492 e. The van der Waals surface area contributed by atoms with E-state index in [0.717, 1.165) is 34.4 Å². The Morgan fingerprint density at radius 2 is 2.04 bits per heavy atom. The van der Waals surface area contributed by atoms with Crippen molar-refractivity contribution in [2.75, 3.05) is 13.1 Å². The molecule has 0 unspecified atom stereocenters. The molecule has 1 atom stereocenters. The first-order chi connectivity index (χ1) is 11.1. The van der Waals surface area contributed by atoms with Crippen molar-refractivity contribution in [1.29, 1.82) is 0 Å². The fourth-order valence-corrected chi connectivity index (χ4v) is 4.62. The van der Waals surface area contributed by atoms with Crippen LogP contribution in [0.4, 0.5) is 0 Å². The SMILES string of the molecule is Cc1nc2sc([C@H](c3ccc(C)o3)[NH+]3CCCCC3)c(O)n2n1. The number of furan rings is 1. The van der Waals surface area contributed by atoms with Crippen molar-refractivity contribution >= 4 is 16.3 Å². The van der Waals surface area contributed by atoms with Crippen molar-refractivity contribution in [3.8, 4) is 5.88 Å². The fraction of sp³-hybridized carbons (Fsp3) is 0.500. The van der Waals surface area contributed by atoms with Crippen molar-refractivity contribution in [3.05, 3.63) is 34.4 Å². The lowest BCUT2D eigenvalue weighted by molar-refractivity contribution is -0.930. The summed E-state index contributed by atoms with van der Waals surface area (Å²) < 4.78 is 7.47. The number of nitrogens with zero attached hydrogens (tertiary/aromatic N) is 3. The van der Waals surface area contributed by atoms with E-state index in [2.05, 4.69) is 10.1 Å². The minimum absolute atomic E-state index is 0.0119. The number of fused-ring (bicyclic) bond motifs is 1. The molecule has 7 heteroatoms. The summed E-state index contributed by atoms with van der Waals surface area (Å²) in [4.78, 5) is 7.47. The molecule has 0 amide bonds. The molecule has 3 aromatic heterocycles. The Labute approximate surface area is 138 Å². The van der Waals surface area contributed by atoms with Gasteiger partial charge in [-0.3, -0.25) is 0 Å². The van der Waals surface area contributed by atoms with Crippen molar-refractivity contribution in [2.45, 2.75) is 39.2 Å². The molecular weight excluding hydrogens is 312 g/mol. The van der Waals surface area contributed by atoms with Crippen LogP contribution < -0.4 is 4.90 Å². The van der Waals surface area contributed by atoms with E-state index >= 15 is 0 Å². The Morgan fingerprint density at radius 1 is 1.26 bits per heavy atom. The van der Waals surface area contributed by atoms with Crippen LogP contribution >= 0.6 is 11.3 Å². The largest absolute Gasteiger partial charge is 0.492 e. The van der Waals surface area contributed by atoms with Crippen LogP contribution in [0.5, 0.6) is 5.88 Å². The van der Waals surface area contributed by atoms with E-state index in [1.165, 1.54) is 35.5 Å². The van der Waals surface area contributed by atoms with Crippen molar-refractivity contribution < 1.29 is 14.4 Å². The number of aromatic nitrogens is 3. The molecule has 1 aliphatic heterocycles.